The highest BCUT2D eigenvalue weighted by Crippen LogP contribution is 2.31. The molecule has 2 rings (SSSR count). The number of morpholine rings is 1. The predicted molar refractivity (Wildman–Crippen MR) is 93.5 cm³/mol. The van der Waals surface area contributed by atoms with E-state index in [1.54, 1.807) is 7.05 Å². The molecular formula is C17H28F3N3O5. The number of halogens is 3. The minimum absolute atomic E-state index is 0.0171. The lowest BCUT2D eigenvalue weighted by Crippen LogP contribution is -2.73. The van der Waals surface area contributed by atoms with E-state index in [0.29, 0.717) is 38.6 Å². The van der Waals surface area contributed by atoms with Crippen LogP contribution < -0.4 is 5.32 Å². The summed E-state index contributed by atoms with van der Waals surface area (Å²) in [5, 5.41) is 9.78. The molecule has 0 aromatic heterocycles. The van der Waals surface area contributed by atoms with Crippen molar-refractivity contribution in [1.82, 2.24) is 15.1 Å². The number of likely N-dealkylation sites (N-methyl/N-ethyl adjacent to an activating group) is 2. The first kappa shape index (κ1) is 24.2. The lowest BCUT2D eigenvalue weighted by atomic mass is 9.90. The normalized spacial score (nSPS) is 21.6. The summed E-state index contributed by atoms with van der Waals surface area (Å²) in [6, 6.07) is -0.230. The highest BCUT2D eigenvalue weighted by atomic mass is 19.4. The van der Waals surface area contributed by atoms with Crippen molar-refractivity contribution in [2.45, 2.75) is 44.5 Å². The second-order valence-corrected chi connectivity index (χ2v) is 7.52. The largest absolute Gasteiger partial charge is 0.490 e. The summed E-state index contributed by atoms with van der Waals surface area (Å²) in [4.78, 5) is 36.6. The van der Waals surface area contributed by atoms with Crippen molar-refractivity contribution in [3.05, 3.63) is 0 Å². The van der Waals surface area contributed by atoms with Crippen molar-refractivity contribution in [2.24, 2.45) is 5.92 Å². The first-order chi connectivity index (χ1) is 12.8. The van der Waals surface area contributed by atoms with Gasteiger partial charge in [-0.05, 0) is 19.4 Å². The predicted octanol–water partition coefficient (Wildman–Crippen LogP) is 0.713. The topological polar surface area (TPSA) is 99.2 Å². The van der Waals surface area contributed by atoms with Gasteiger partial charge in [-0.15, -0.1) is 0 Å². The van der Waals surface area contributed by atoms with Gasteiger partial charge in [0, 0.05) is 20.0 Å². The maximum Gasteiger partial charge on any atom is 0.490 e. The van der Waals surface area contributed by atoms with Gasteiger partial charge in [0.15, 0.2) is 0 Å². The molecule has 1 spiro atoms. The van der Waals surface area contributed by atoms with E-state index in [1.807, 2.05) is 16.8 Å². The molecule has 0 radical (unpaired) electrons. The zero-order valence-electron chi connectivity index (χ0n) is 16.5. The van der Waals surface area contributed by atoms with Crippen molar-refractivity contribution in [1.29, 1.82) is 0 Å². The number of alkyl halides is 3. The molecule has 0 aromatic rings. The van der Waals surface area contributed by atoms with Gasteiger partial charge >= 0.3 is 12.1 Å². The molecule has 0 aromatic carbocycles. The average molecular weight is 411 g/mol. The van der Waals surface area contributed by atoms with Crippen LogP contribution in [0.4, 0.5) is 13.2 Å². The standard InChI is InChI=1S/C15H27N3O3.C2HF3O2/c1-11(2)5-6-13(19)18-9-15(10-18)8-17(4)12(7-21-15)14(20)16-3;3-2(4,5)1(6)7/h11-12H,5-10H2,1-4H3,(H,16,20);(H,6,7). The lowest BCUT2D eigenvalue weighted by Gasteiger charge is -2.54. The quantitative estimate of drug-likeness (QED) is 0.707. The number of ether oxygens (including phenoxy) is 1. The summed E-state index contributed by atoms with van der Waals surface area (Å²) in [5.41, 5.74) is -0.271. The number of hydrogen-bond acceptors (Lipinski definition) is 5. The van der Waals surface area contributed by atoms with Crippen LogP contribution in [0.3, 0.4) is 0 Å². The average Bonchev–Trinajstić information content (AvgIpc) is 2.56. The van der Waals surface area contributed by atoms with Crippen molar-refractivity contribution >= 4 is 17.8 Å². The number of likely N-dealkylation sites (tertiary alicyclic amines) is 1. The lowest BCUT2D eigenvalue weighted by molar-refractivity contribution is -0.201. The molecule has 8 nitrogen and oxygen atoms in total. The summed E-state index contributed by atoms with van der Waals surface area (Å²) in [7, 11) is 3.58. The molecule has 2 fully saturated rings. The maximum atomic E-state index is 12.0. The zero-order valence-corrected chi connectivity index (χ0v) is 16.5. The van der Waals surface area contributed by atoms with E-state index in [4.69, 9.17) is 14.6 Å². The number of rotatable bonds is 4. The van der Waals surface area contributed by atoms with Gasteiger partial charge in [0.2, 0.25) is 11.8 Å². The molecule has 0 bridgehead atoms. The van der Waals surface area contributed by atoms with E-state index >= 15 is 0 Å². The molecule has 2 N–H and O–H groups in total. The molecule has 1 unspecified atom stereocenters. The molecule has 2 aliphatic heterocycles. The third-order valence-electron chi connectivity index (χ3n) is 4.65. The molecule has 2 aliphatic rings. The molecule has 2 saturated heterocycles. The van der Waals surface area contributed by atoms with Crippen LogP contribution in [0, 0.1) is 5.92 Å². The van der Waals surface area contributed by atoms with Crippen molar-refractivity contribution in [2.75, 3.05) is 40.3 Å². The SMILES string of the molecule is CNC(=O)C1COC2(CN(C(=O)CCC(C)C)C2)CN1C.O=C(O)C(F)(F)F. The van der Waals surface area contributed by atoms with Gasteiger partial charge in [0.25, 0.3) is 0 Å². The number of carbonyl (C=O) groups excluding carboxylic acids is 2. The van der Waals surface area contributed by atoms with Gasteiger partial charge in [0.1, 0.15) is 11.6 Å². The van der Waals surface area contributed by atoms with E-state index in [0.717, 1.165) is 6.42 Å². The van der Waals surface area contributed by atoms with Gasteiger partial charge in [-0.2, -0.15) is 13.2 Å². The smallest absolute Gasteiger partial charge is 0.475 e. The maximum absolute atomic E-state index is 12.0. The van der Waals surface area contributed by atoms with Crippen molar-refractivity contribution in [3.63, 3.8) is 0 Å². The number of amides is 2. The number of carboxylic acid groups (broad SMARTS) is 1. The number of carboxylic acids is 1. The Morgan fingerprint density at radius 1 is 1.25 bits per heavy atom. The number of nitrogens with one attached hydrogen (secondary N) is 1. The molecule has 1 atom stereocenters. The summed E-state index contributed by atoms with van der Waals surface area (Å²) in [5.74, 6) is -2.01. The van der Waals surface area contributed by atoms with E-state index in [1.165, 1.54) is 0 Å². The van der Waals surface area contributed by atoms with E-state index in [9.17, 15) is 22.8 Å². The third-order valence-corrected chi connectivity index (χ3v) is 4.65. The highest BCUT2D eigenvalue weighted by molar-refractivity contribution is 5.82. The second-order valence-electron chi connectivity index (χ2n) is 7.52. The summed E-state index contributed by atoms with van der Waals surface area (Å²) < 4.78 is 37.7. The first-order valence-electron chi connectivity index (χ1n) is 8.95. The van der Waals surface area contributed by atoms with Crippen LogP contribution >= 0.6 is 0 Å². The molecular weight excluding hydrogens is 383 g/mol. The van der Waals surface area contributed by atoms with Gasteiger partial charge in [-0.1, -0.05) is 13.8 Å². The zero-order chi connectivity index (χ0) is 21.7. The van der Waals surface area contributed by atoms with Crippen LogP contribution in [0.25, 0.3) is 0 Å². The fourth-order valence-corrected chi connectivity index (χ4v) is 3.02. The van der Waals surface area contributed by atoms with Crippen LogP contribution in [-0.4, -0.2) is 90.8 Å². The van der Waals surface area contributed by atoms with E-state index in [-0.39, 0.29) is 23.5 Å². The molecule has 11 heteroatoms. The minimum Gasteiger partial charge on any atom is -0.475 e. The fourth-order valence-electron chi connectivity index (χ4n) is 3.02. The van der Waals surface area contributed by atoms with Gasteiger partial charge in [-0.25, -0.2) is 4.79 Å². The molecule has 2 amide bonds. The van der Waals surface area contributed by atoms with Crippen LogP contribution in [0.5, 0.6) is 0 Å². The van der Waals surface area contributed by atoms with Gasteiger partial charge in [0.05, 0.1) is 19.7 Å². The molecule has 28 heavy (non-hydrogen) atoms. The Kier molecular flexibility index (Phi) is 8.24. The Morgan fingerprint density at radius 3 is 2.18 bits per heavy atom. The van der Waals surface area contributed by atoms with E-state index < -0.39 is 12.1 Å². The number of hydrogen-bond donors (Lipinski definition) is 2. The fraction of sp³-hybridized carbons (Fsp3) is 0.824. The monoisotopic (exact) mass is 411 g/mol. The summed E-state index contributed by atoms with van der Waals surface area (Å²) >= 11 is 0. The van der Waals surface area contributed by atoms with Gasteiger partial charge < -0.3 is 20.1 Å². The summed E-state index contributed by atoms with van der Waals surface area (Å²) in [6.07, 6.45) is -3.54. The van der Waals surface area contributed by atoms with Gasteiger partial charge in [-0.3, -0.25) is 14.5 Å². The Hall–Kier alpha value is -1.88. The third kappa shape index (κ3) is 6.62. The van der Waals surface area contributed by atoms with Crippen LogP contribution in [0.2, 0.25) is 0 Å². The Balaban J connectivity index is 0.000000480. The molecule has 162 valence electrons. The Bertz CT molecular complexity index is 577. The van der Waals surface area contributed by atoms with Crippen molar-refractivity contribution in [3.8, 4) is 0 Å². The number of nitrogens with zero attached hydrogens (tertiary/aromatic N) is 2. The highest BCUT2D eigenvalue weighted by Gasteiger charge is 2.50. The Labute approximate surface area is 162 Å². The minimum atomic E-state index is -5.08. The van der Waals surface area contributed by atoms with Crippen LogP contribution in [-0.2, 0) is 19.1 Å². The Morgan fingerprint density at radius 2 is 1.79 bits per heavy atom. The molecule has 0 saturated carbocycles. The van der Waals surface area contributed by atoms with Crippen LogP contribution in [0.1, 0.15) is 26.7 Å². The molecule has 0 aliphatic carbocycles. The first-order valence-corrected chi connectivity index (χ1v) is 8.95. The number of aliphatic carboxylic acids is 1. The summed E-state index contributed by atoms with van der Waals surface area (Å²) in [6.45, 7) is 6.64. The van der Waals surface area contributed by atoms with Crippen molar-refractivity contribution < 1.29 is 37.4 Å². The second kappa shape index (κ2) is 9.55. The molecule has 2 heterocycles. The van der Waals surface area contributed by atoms with E-state index in [2.05, 4.69) is 19.2 Å². The van der Waals surface area contributed by atoms with Crippen LogP contribution in [0.15, 0.2) is 0 Å². The number of carbonyl (C=O) groups is 3.